The number of carbonyl (C=O) groups is 1. The fraction of sp³-hybridized carbons (Fsp3) is 0.429. The summed E-state index contributed by atoms with van der Waals surface area (Å²) in [6.45, 7) is 1.84. The van der Waals surface area contributed by atoms with Crippen molar-refractivity contribution in [1.29, 1.82) is 0 Å². The molecule has 0 aliphatic rings. The first-order valence-corrected chi connectivity index (χ1v) is 5.63. The van der Waals surface area contributed by atoms with E-state index in [1.54, 1.807) is 29.3 Å². The van der Waals surface area contributed by atoms with Crippen LogP contribution in [0.2, 0.25) is 0 Å². The standard InChI is InChI=1S/C7H11N3OS2/c1-5(6(11)10-8)4-13-7-9-2-3-12-7/h2-3,5H,4,8H2,1H3,(H,10,11). The third kappa shape index (κ3) is 3.33. The van der Waals surface area contributed by atoms with Crippen LogP contribution >= 0.6 is 23.1 Å². The van der Waals surface area contributed by atoms with Crippen LogP contribution in [0.5, 0.6) is 0 Å². The second-order valence-electron chi connectivity index (χ2n) is 2.52. The van der Waals surface area contributed by atoms with Crippen molar-refractivity contribution in [2.75, 3.05) is 5.75 Å². The molecule has 1 rings (SSSR count). The van der Waals surface area contributed by atoms with Gasteiger partial charge in [0.1, 0.15) is 4.34 Å². The summed E-state index contributed by atoms with van der Waals surface area (Å²) >= 11 is 3.14. The third-order valence-corrected chi connectivity index (χ3v) is 3.68. The maximum absolute atomic E-state index is 11.0. The summed E-state index contributed by atoms with van der Waals surface area (Å²) in [6, 6.07) is 0. The Hall–Kier alpha value is -0.590. The molecule has 0 saturated heterocycles. The maximum Gasteiger partial charge on any atom is 0.237 e. The monoisotopic (exact) mass is 217 g/mol. The smallest absolute Gasteiger partial charge is 0.237 e. The summed E-state index contributed by atoms with van der Waals surface area (Å²) < 4.78 is 0.983. The van der Waals surface area contributed by atoms with Gasteiger partial charge >= 0.3 is 0 Å². The Morgan fingerprint density at radius 3 is 3.23 bits per heavy atom. The summed E-state index contributed by atoms with van der Waals surface area (Å²) in [5.74, 6) is 5.49. The minimum absolute atomic E-state index is 0.0844. The van der Waals surface area contributed by atoms with Crippen molar-refractivity contribution in [2.45, 2.75) is 11.3 Å². The van der Waals surface area contributed by atoms with Crippen LogP contribution in [0.25, 0.3) is 0 Å². The highest BCUT2D eigenvalue weighted by atomic mass is 32.2. The van der Waals surface area contributed by atoms with Crippen LogP contribution in [0.15, 0.2) is 15.9 Å². The van der Waals surface area contributed by atoms with Gasteiger partial charge in [-0.05, 0) is 0 Å². The van der Waals surface area contributed by atoms with Crippen LogP contribution in [-0.2, 0) is 4.79 Å². The molecule has 1 aromatic heterocycles. The minimum Gasteiger partial charge on any atom is -0.294 e. The molecule has 0 aliphatic carbocycles. The summed E-state index contributed by atoms with van der Waals surface area (Å²) in [7, 11) is 0. The van der Waals surface area contributed by atoms with Gasteiger partial charge in [-0.1, -0.05) is 18.7 Å². The largest absolute Gasteiger partial charge is 0.294 e. The van der Waals surface area contributed by atoms with E-state index in [0.717, 1.165) is 4.34 Å². The zero-order valence-corrected chi connectivity index (χ0v) is 8.82. The molecule has 0 radical (unpaired) electrons. The van der Waals surface area contributed by atoms with Gasteiger partial charge in [-0.15, -0.1) is 11.3 Å². The molecule has 13 heavy (non-hydrogen) atoms. The molecule has 6 heteroatoms. The molecular formula is C7H11N3OS2. The van der Waals surface area contributed by atoms with Crippen molar-refractivity contribution >= 4 is 29.0 Å². The molecule has 0 bridgehead atoms. The van der Waals surface area contributed by atoms with Gasteiger partial charge in [0.15, 0.2) is 0 Å². The first kappa shape index (κ1) is 10.5. The highest BCUT2D eigenvalue weighted by molar-refractivity contribution is 8.01. The van der Waals surface area contributed by atoms with Crippen LogP contribution in [0.1, 0.15) is 6.92 Å². The second kappa shape index (κ2) is 5.21. The van der Waals surface area contributed by atoms with Crippen LogP contribution in [0.4, 0.5) is 0 Å². The van der Waals surface area contributed by atoms with E-state index in [1.807, 2.05) is 12.3 Å². The Kier molecular flexibility index (Phi) is 4.20. The molecule has 1 heterocycles. The van der Waals surface area contributed by atoms with E-state index in [1.165, 1.54) is 0 Å². The molecule has 3 N–H and O–H groups in total. The topological polar surface area (TPSA) is 68.0 Å². The normalized spacial score (nSPS) is 12.5. The Labute approximate surface area is 84.9 Å². The molecule has 1 amide bonds. The van der Waals surface area contributed by atoms with E-state index in [9.17, 15) is 4.79 Å². The highest BCUT2D eigenvalue weighted by Crippen LogP contribution is 2.22. The van der Waals surface area contributed by atoms with Gasteiger partial charge in [-0.25, -0.2) is 10.8 Å². The van der Waals surface area contributed by atoms with Crippen molar-refractivity contribution in [3.05, 3.63) is 11.6 Å². The number of hydrazine groups is 1. The van der Waals surface area contributed by atoms with Gasteiger partial charge in [0.2, 0.25) is 5.91 Å². The Bertz CT molecular complexity index is 263. The molecule has 0 aliphatic heterocycles. The van der Waals surface area contributed by atoms with Crippen molar-refractivity contribution < 1.29 is 4.79 Å². The van der Waals surface area contributed by atoms with Crippen LogP contribution in [0, 0.1) is 5.92 Å². The molecule has 1 unspecified atom stereocenters. The predicted molar refractivity (Wildman–Crippen MR) is 54.3 cm³/mol. The average molecular weight is 217 g/mol. The van der Waals surface area contributed by atoms with Gasteiger partial charge in [0, 0.05) is 23.2 Å². The highest BCUT2D eigenvalue weighted by Gasteiger charge is 2.11. The minimum atomic E-state index is -0.135. The van der Waals surface area contributed by atoms with Gasteiger partial charge in [-0.3, -0.25) is 10.2 Å². The molecule has 0 aromatic carbocycles. The third-order valence-electron chi connectivity index (χ3n) is 1.46. The number of thioether (sulfide) groups is 1. The van der Waals surface area contributed by atoms with E-state index < -0.39 is 0 Å². The van der Waals surface area contributed by atoms with Crippen LogP contribution in [-0.4, -0.2) is 16.6 Å². The lowest BCUT2D eigenvalue weighted by atomic mass is 10.2. The van der Waals surface area contributed by atoms with Crippen LogP contribution < -0.4 is 11.3 Å². The van der Waals surface area contributed by atoms with Crippen molar-refractivity contribution in [1.82, 2.24) is 10.4 Å². The second-order valence-corrected chi connectivity index (χ2v) is 4.68. The molecular weight excluding hydrogens is 206 g/mol. The van der Waals surface area contributed by atoms with E-state index >= 15 is 0 Å². The molecule has 0 saturated carbocycles. The van der Waals surface area contributed by atoms with Gasteiger partial charge in [0.25, 0.3) is 0 Å². The zero-order valence-electron chi connectivity index (χ0n) is 7.19. The van der Waals surface area contributed by atoms with Crippen molar-refractivity contribution in [3.8, 4) is 0 Å². The van der Waals surface area contributed by atoms with E-state index in [2.05, 4.69) is 10.4 Å². The van der Waals surface area contributed by atoms with Crippen molar-refractivity contribution in [2.24, 2.45) is 11.8 Å². The van der Waals surface area contributed by atoms with E-state index in [0.29, 0.717) is 5.75 Å². The molecule has 1 atom stereocenters. The summed E-state index contributed by atoms with van der Waals surface area (Å²) in [5, 5.41) is 1.91. The number of carbonyl (C=O) groups excluding carboxylic acids is 1. The number of hydrogen-bond donors (Lipinski definition) is 2. The quantitative estimate of drug-likeness (QED) is 0.340. The molecule has 72 valence electrons. The molecule has 0 fully saturated rings. The summed E-state index contributed by atoms with van der Waals surface area (Å²) in [5.41, 5.74) is 2.13. The van der Waals surface area contributed by atoms with Gasteiger partial charge < -0.3 is 0 Å². The number of nitrogens with one attached hydrogen (secondary N) is 1. The molecule has 4 nitrogen and oxygen atoms in total. The van der Waals surface area contributed by atoms with Gasteiger partial charge in [-0.2, -0.15) is 0 Å². The Balaban J connectivity index is 2.30. The van der Waals surface area contributed by atoms with E-state index in [-0.39, 0.29) is 11.8 Å². The first-order chi connectivity index (χ1) is 6.24. The Morgan fingerprint density at radius 2 is 2.69 bits per heavy atom. The first-order valence-electron chi connectivity index (χ1n) is 3.76. The average Bonchev–Trinajstić information content (AvgIpc) is 2.65. The number of nitrogens with zero attached hydrogens (tertiary/aromatic N) is 1. The van der Waals surface area contributed by atoms with Crippen LogP contribution in [0.3, 0.4) is 0 Å². The number of hydrogen-bond acceptors (Lipinski definition) is 5. The van der Waals surface area contributed by atoms with Crippen molar-refractivity contribution in [3.63, 3.8) is 0 Å². The lowest BCUT2D eigenvalue weighted by Gasteiger charge is -2.06. The number of thiazole rings is 1. The molecule has 1 aromatic rings. The fourth-order valence-electron chi connectivity index (χ4n) is 0.696. The predicted octanol–water partition coefficient (Wildman–Crippen LogP) is 0.861. The fourth-order valence-corrected chi connectivity index (χ4v) is 2.38. The molecule has 0 spiro atoms. The maximum atomic E-state index is 11.0. The van der Waals surface area contributed by atoms with E-state index in [4.69, 9.17) is 5.84 Å². The summed E-state index contributed by atoms with van der Waals surface area (Å²) in [4.78, 5) is 15.1. The van der Waals surface area contributed by atoms with Gasteiger partial charge in [0.05, 0.1) is 0 Å². The lowest BCUT2D eigenvalue weighted by Crippen LogP contribution is -2.35. The number of aromatic nitrogens is 1. The Morgan fingerprint density at radius 1 is 1.92 bits per heavy atom. The zero-order chi connectivity index (χ0) is 9.68. The number of amides is 1. The summed E-state index contributed by atoms with van der Waals surface area (Å²) in [6.07, 6.45) is 1.75. The lowest BCUT2D eigenvalue weighted by molar-refractivity contribution is -0.123. The number of rotatable bonds is 4. The SMILES string of the molecule is CC(CSc1nccs1)C(=O)NN. The number of nitrogens with two attached hydrogens (primary N) is 1.